The third-order valence-electron chi connectivity index (χ3n) is 2.65. The van der Waals surface area contributed by atoms with E-state index in [0.717, 1.165) is 5.56 Å². The van der Waals surface area contributed by atoms with Crippen LogP contribution in [-0.4, -0.2) is 12.2 Å². The van der Waals surface area contributed by atoms with Gasteiger partial charge in [-0.3, -0.25) is 0 Å². The largest absolute Gasteiger partial charge is 0.504 e. The molecule has 0 aliphatic heterocycles. The quantitative estimate of drug-likeness (QED) is 0.895. The Morgan fingerprint density at radius 3 is 2.74 bits per heavy atom. The van der Waals surface area contributed by atoms with Crippen molar-refractivity contribution in [2.24, 2.45) is 0 Å². The van der Waals surface area contributed by atoms with Crippen molar-refractivity contribution in [1.29, 1.82) is 0 Å². The average molecular weight is 282 g/mol. The third-order valence-corrected chi connectivity index (χ3v) is 2.98. The van der Waals surface area contributed by atoms with E-state index in [4.69, 9.17) is 16.3 Å². The molecule has 2 aromatic carbocycles. The lowest BCUT2D eigenvalue weighted by atomic mass is 10.2. The van der Waals surface area contributed by atoms with Gasteiger partial charge in [0.25, 0.3) is 0 Å². The van der Waals surface area contributed by atoms with Gasteiger partial charge in [0.05, 0.1) is 17.8 Å². The summed E-state index contributed by atoms with van der Waals surface area (Å²) in [5.41, 5.74) is 1.34. The molecular formula is C14H13ClFNO2. The molecule has 0 aromatic heterocycles. The van der Waals surface area contributed by atoms with Crippen LogP contribution in [0.25, 0.3) is 0 Å². The molecule has 0 atom stereocenters. The van der Waals surface area contributed by atoms with Gasteiger partial charge in [-0.25, -0.2) is 4.39 Å². The van der Waals surface area contributed by atoms with Gasteiger partial charge in [-0.1, -0.05) is 17.7 Å². The highest BCUT2D eigenvalue weighted by Gasteiger charge is 2.04. The normalized spacial score (nSPS) is 10.3. The summed E-state index contributed by atoms with van der Waals surface area (Å²) >= 11 is 5.94. The minimum atomic E-state index is -0.357. The van der Waals surface area contributed by atoms with Crippen molar-refractivity contribution in [2.75, 3.05) is 12.4 Å². The van der Waals surface area contributed by atoms with Crippen LogP contribution in [0.1, 0.15) is 5.56 Å². The number of ether oxygens (including phenoxy) is 1. The van der Waals surface area contributed by atoms with Gasteiger partial charge in [0.2, 0.25) is 0 Å². The van der Waals surface area contributed by atoms with Crippen LogP contribution in [-0.2, 0) is 6.54 Å². The minimum Gasteiger partial charge on any atom is -0.504 e. The Kier molecular flexibility index (Phi) is 4.12. The number of phenolic OH excluding ortho intramolecular Hbond substituents is 1. The zero-order chi connectivity index (χ0) is 13.8. The van der Waals surface area contributed by atoms with Crippen LogP contribution in [0.2, 0.25) is 5.02 Å². The number of benzene rings is 2. The molecule has 0 bridgehead atoms. The minimum absolute atomic E-state index is 0.0622. The zero-order valence-corrected chi connectivity index (χ0v) is 11.0. The first-order valence-electron chi connectivity index (χ1n) is 5.65. The molecule has 2 N–H and O–H groups in total. The molecule has 0 aliphatic rings. The van der Waals surface area contributed by atoms with Crippen molar-refractivity contribution < 1.29 is 14.2 Å². The highest BCUT2D eigenvalue weighted by Crippen LogP contribution is 2.27. The maximum absolute atomic E-state index is 13.1. The molecule has 0 unspecified atom stereocenters. The van der Waals surface area contributed by atoms with E-state index in [1.54, 1.807) is 18.2 Å². The lowest BCUT2D eigenvalue weighted by molar-refractivity contribution is 0.373. The molecule has 0 radical (unpaired) electrons. The number of aromatic hydroxyl groups is 1. The molecule has 0 heterocycles. The average Bonchev–Trinajstić information content (AvgIpc) is 2.40. The van der Waals surface area contributed by atoms with E-state index in [1.165, 1.54) is 25.3 Å². The number of hydrogen-bond acceptors (Lipinski definition) is 3. The summed E-state index contributed by atoms with van der Waals surface area (Å²) in [4.78, 5) is 0. The molecule has 0 aliphatic carbocycles. The summed E-state index contributed by atoms with van der Waals surface area (Å²) in [5, 5.41) is 13.1. The lowest BCUT2D eigenvalue weighted by Gasteiger charge is -2.10. The fourth-order valence-corrected chi connectivity index (χ4v) is 1.86. The van der Waals surface area contributed by atoms with Crippen LogP contribution in [0.3, 0.4) is 0 Å². The second-order valence-electron chi connectivity index (χ2n) is 3.98. The smallest absolute Gasteiger partial charge is 0.160 e. The molecule has 3 nitrogen and oxygen atoms in total. The Bertz CT molecular complexity index is 590. The first-order valence-corrected chi connectivity index (χ1v) is 6.03. The number of anilines is 1. The molecule has 0 amide bonds. The second-order valence-corrected chi connectivity index (χ2v) is 4.39. The second kappa shape index (κ2) is 5.80. The van der Waals surface area contributed by atoms with Crippen LogP contribution in [0.5, 0.6) is 11.5 Å². The molecule has 0 spiro atoms. The topological polar surface area (TPSA) is 41.5 Å². The van der Waals surface area contributed by atoms with Crippen LogP contribution in [0.4, 0.5) is 10.1 Å². The fourth-order valence-electron chi connectivity index (χ4n) is 1.68. The van der Waals surface area contributed by atoms with Gasteiger partial charge in [0.1, 0.15) is 5.82 Å². The predicted molar refractivity (Wildman–Crippen MR) is 73.4 cm³/mol. The monoisotopic (exact) mass is 281 g/mol. The lowest BCUT2D eigenvalue weighted by Crippen LogP contribution is -2.00. The Labute approximate surface area is 115 Å². The molecule has 0 fully saturated rings. The summed E-state index contributed by atoms with van der Waals surface area (Å²) in [6.07, 6.45) is 0. The fraction of sp³-hybridized carbons (Fsp3) is 0.143. The van der Waals surface area contributed by atoms with E-state index in [2.05, 4.69) is 5.32 Å². The van der Waals surface area contributed by atoms with Crippen molar-refractivity contribution in [3.05, 3.63) is 52.8 Å². The Morgan fingerprint density at radius 2 is 2.05 bits per heavy atom. The molecule has 19 heavy (non-hydrogen) atoms. The van der Waals surface area contributed by atoms with E-state index in [0.29, 0.717) is 23.0 Å². The summed E-state index contributed by atoms with van der Waals surface area (Å²) < 4.78 is 18.0. The number of nitrogens with one attached hydrogen (secondary N) is 1. The first kappa shape index (κ1) is 13.5. The number of rotatable bonds is 4. The SMILES string of the molecule is COc1ccc(CNc2cc(F)ccc2Cl)cc1O. The van der Waals surface area contributed by atoms with Crippen LogP contribution in [0, 0.1) is 5.82 Å². The number of halogens is 2. The van der Waals surface area contributed by atoms with Gasteiger partial charge < -0.3 is 15.2 Å². The van der Waals surface area contributed by atoms with Crippen molar-refractivity contribution in [3.63, 3.8) is 0 Å². The highest BCUT2D eigenvalue weighted by atomic mass is 35.5. The van der Waals surface area contributed by atoms with E-state index < -0.39 is 0 Å². The Balaban J connectivity index is 2.10. The van der Waals surface area contributed by atoms with Gasteiger partial charge in [-0.2, -0.15) is 0 Å². The number of phenols is 1. The molecule has 2 aromatic rings. The van der Waals surface area contributed by atoms with Crippen molar-refractivity contribution in [1.82, 2.24) is 0 Å². The van der Waals surface area contributed by atoms with Gasteiger partial charge in [-0.15, -0.1) is 0 Å². The molecule has 5 heteroatoms. The standard InChI is InChI=1S/C14H13ClFNO2/c1-19-14-5-2-9(6-13(14)18)8-17-12-7-10(16)3-4-11(12)15/h2-7,17-18H,8H2,1H3. The van der Waals surface area contributed by atoms with Gasteiger partial charge in [0, 0.05) is 6.54 Å². The van der Waals surface area contributed by atoms with E-state index in [1.807, 2.05) is 0 Å². The predicted octanol–water partition coefficient (Wildman–Crippen LogP) is 3.81. The van der Waals surface area contributed by atoms with E-state index in [-0.39, 0.29) is 11.6 Å². The van der Waals surface area contributed by atoms with Gasteiger partial charge in [-0.05, 0) is 35.9 Å². The molecule has 0 saturated carbocycles. The van der Waals surface area contributed by atoms with Gasteiger partial charge in [0.15, 0.2) is 11.5 Å². The molecule has 2 rings (SSSR count). The zero-order valence-electron chi connectivity index (χ0n) is 10.3. The summed E-state index contributed by atoms with van der Waals surface area (Å²) in [7, 11) is 1.49. The number of methoxy groups -OCH3 is 1. The van der Waals surface area contributed by atoms with E-state index >= 15 is 0 Å². The molecule has 100 valence electrons. The maximum atomic E-state index is 13.1. The van der Waals surface area contributed by atoms with Crippen molar-refractivity contribution in [2.45, 2.75) is 6.54 Å². The van der Waals surface area contributed by atoms with Crippen molar-refractivity contribution >= 4 is 17.3 Å². The van der Waals surface area contributed by atoms with E-state index in [9.17, 15) is 9.50 Å². The highest BCUT2D eigenvalue weighted by molar-refractivity contribution is 6.33. The first-order chi connectivity index (χ1) is 9.10. The van der Waals surface area contributed by atoms with Crippen molar-refractivity contribution in [3.8, 4) is 11.5 Å². The summed E-state index contributed by atoms with van der Waals surface area (Å²) in [5.74, 6) is 0.115. The Morgan fingerprint density at radius 1 is 1.26 bits per heavy atom. The van der Waals surface area contributed by atoms with Crippen LogP contribution in [0.15, 0.2) is 36.4 Å². The summed E-state index contributed by atoms with van der Waals surface area (Å²) in [6, 6.07) is 9.17. The maximum Gasteiger partial charge on any atom is 0.160 e. The van der Waals surface area contributed by atoms with Gasteiger partial charge >= 0.3 is 0 Å². The number of hydrogen-bond donors (Lipinski definition) is 2. The van der Waals surface area contributed by atoms with Crippen LogP contribution >= 0.6 is 11.6 Å². The summed E-state index contributed by atoms with van der Waals surface area (Å²) in [6.45, 7) is 0.417. The van der Waals surface area contributed by atoms with Crippen LogP contribution < -0.4 is 10.1 Å². The molecular weight excluding hydrogens is 269 g/mol. The molecule has 0 saturated heterocycles. The Hall–Kier alpha value is -1.94. The third kappa shape index (κ3) is 3.29.